The largest absolute Gasteiger partial charge is 0.284 e. The SMILES string of the molecule is FC1(F)CC1CN1c2ccccc2CN1c1cccnc1. The fourth-order valence-corrected chi connectivity index (χ4v) is 2.88. The van der Waals surface area contributed by atoms with Crippen molar-refractivity contribution in [1.29, 1.82) is 0 Å². The van der Waals surface area contributed by atoms with Gasteiger partial charge >= 0.3 is 0 Å². The van der Waals surface area contributed by atoms with Crippen LogP contribution >= 0.6 is 0 Å². The molecular weight excluding hydrogens is 272 g/mol. The highest BCUT2D eigenvalue weighted by Gasteiger charge is 2.58. The van der Waals surface area contributed by atoms with Gasteiger partial charge in [-0.05, 0) is 23.8 Å². The van der Waals surface area contributed by atoms with Crippen LogP contribution in [0.4, 0.5) is 20.2 Å². The predicted molar refractivity (Wildman–Crippen MR) is 77.3 cm³/mol. The van der Waals surface area contributed by atoms with E-state index in [1.807, 2.05) is 46.4 Å². The van der Waals surface area contributed by atoms with Crippen molar-refractivity contribution >= 4 is 11.4 Å². The maximum atomic E-state index is 13.3. The lowest BCUT2D eigenvalue weighted by Gasteiger charge is -2.32. The second-order valence-corrected chi connectivity index (χ2v) is 5.64. The first-order valence-electron chi connectivity index (χ1n) is 7.06. The number of pyridine rings is 1. The van der Waals surface area contributed by atoms with E-state index < -0.39 is 11.8 Å². The summed E-state index contributed by atoms with van der Waals surface area (Å²) in [5, 5.41) is 4.00. The molecule has 4 rings (SSSR count). The quantitative estimate of drug-likeness (QED) is 0.861. The molecule has 0 radical (unpaired) electrons. The third kappa shape index (κ3) is 2.13. The van der Waals surface area contributed by atoms with E-state index in [1.54, 1.807) is 12.4 Å². The van der Waals surface area contributed by atoms with Crippen LogP contribution in [0.25, 0.3) is 0 Å². The van der Waals surface area contributed by atoms with Crippen molar-refractivity contribution in [2.75, 3.05) is 16.6 Å². The topological polar surface area (TPSA) is 19.4 Å². The molecule has 1 unspecified atom stereocenters. The number of para-hydroxylation sites is 1. The Bertz CT molecular complexity index is 660. The van der Waals surface area contributed by atoms with Gasteiger partial charge in [0, 0.05) is 25.1 Å². The van der Waals surface area contributed by atoms with Gasteiger partial charge in [-0.3, -0.25) is 15.0 Å². The van der Waals surface area contributed by atoms with Gasteiger partial charge in [-0.2, -0.15) is 0 Å². The maximum Gasteiger partial charge on any atom is 0.253 e. The summed E-state index contributed by atoms with van der Waals surface area (Å²) in [6.45, 7) is 1.04. The summed E-state index contributed by atoms with van der Waals surface area (Å²) in [7, 11) is 0. The molecule has 0 bridgehead atoms. The average molecular weight is 287 g/mol. The summed E-state index contributed by atoms with van der Waals surface area (Å²) in [6.07, 6.45) is 3.47. The van der Waals surface area contributed by atoms with E-state index in [2.05, 4.69) is 4.98 Å². The summed E-state index contributed by atoms with van der Waals surface area (Å²) < 4.78 is 26.6. The van der Waals surface area contributed by atoms with Crippen LogP contribution in [0.1, 0.15) is 12.0 Å². The minimum absolute atomic E-state index is 0.00739. The number of anilines is 2. The molecule has 2 heterocycles. The zero-order valence-electron chi connectivity index (χ0n) is 11.4. The molecule has 3 nitrogen and oxygen atoms in total. The number of hydrazine groups is 1. The number of hydrogen-bond donors (Lipinski definition) is 0. The Morgan fingerprint density at radius 3 is 2.71 bits per heavy atom. The molecule has 108 valence electrons. The van der Waals surface area contributed by atoms with Crippen molar-refractivity contribution in [2.45, 2.75) is 18.9 Å². The second kappa shape index (κ2) is 4.41. The Kier molecular flexibility index (Phi) is 2.64. The number of nitrogens with zero attached hydrogens (tertiary/aromatic N) is 3. The van der Waals surface area contributed by atoms with Gasteiger partial charge in [0.25, 0.3) is 5.92 Å². The van der Waals surface area contributed by atoms with Gasteiger partial charge in [0.05, 0.1) is 24.1 Å². The van der Waals surface area contributed by atoms with Crippen LogP contribution in [0.15, 0.2) is 48.8 Å². The fourth-order valence-electron chi connectivity index (χ4n) is 2.88. The molecule has 0 spiro atoms. The normalized spacial score (nSPS) is 22.3. The zero-order valence-corrected chi connectivity index (χ0v) is 11.4. The first-order chi connectivity index (χ1) is 10.1. The fraction of sp³-hybridized carbons (Fsp3) is 0.312. The van der Waals surface area contributed by atoms with Gasteiger partial charge in [-0.15, -0.1) is 0 Å². The molecule has 5 heteroatoms. The molecule has 1 fully saturated rings. The molecule has 0 saturated heterocycles. The lowest BCUT2D eigenvalue weighted by Crippen LogP contribution is -2.39. The molecule has 0 amide bonds. The molecule has 21 heavy (non-hydrogen) atoms. The molecule has 1 aliphatic heterocycles. The van der Waals surface area contributed by atoms with Crippen LogP contribution in [-0.2, 0) is 6.54 Å². The highest BCUT2D eigenvalue weighted by Crippen LogP contribution is 2.50. The van der Waals surface area contributed by atoms with E-state index in [-0.39, 0.29) is 6.42 Å². The van der Waals surface area contributed by atoms with E-state index in [9.17, 15) is 8.78 Å². The Morgan fingerprint density at radius 2 is 2.00 bits per heavy atom. The van der Waals surface area contributed by atoms with Crippen LogP contribution in [0.5, 0.6) is 0 Å². The van der Waals surface area contributed by atoms with Crippen LogP contribution in [0, 0.1) is 5.92 Å². The first kappa shape index (κ1) is 12.6. The highest BCUT2D eigenvalue weighted by molar-refractivity contribution is 5.66. The molecule has 2 aliphatic rings. The smallest absolute Gasteiger partial charge is 0.253 e. The molecule has 1 aromatic heterocycles. The summed E-state index contributed by atoms with van der Waals surface area (Å²) in [6, 6.07) is 11.8. The molecule has 2 aromatic rings. The van der Waals surface area contributed by atoms with Crippen molar-refractivity contribution in [2.24, 2.45) is 5.92 Å². The van der Waals surface area contributed by atoms with E-state index in [4.69, 9.17) is 0 Å². The van der Waals surface area contributed by atoms with E-state index in [0.29, 0.717) is 13.1 Å². The average Bonchev–Trinajstić information content (AvgIpc) is 2.94. The molecule has 0 N–H and O–H groups in total. The standard InChI is InChI=1S/C16H15F2N3/c17-16(18)8-13(16)11-21-15-6-2-1-4-12(15)10-20(21)14-5-3-7-19-9-14/h1-7,9,13H,8,10-11H2. The number of rotatable bonds is 3. The van der Waals surface area contributed by atoms with Gasteiger partial charge in [-0.1, -0.05) is 18.2 Å². The summed E-state index contributed by atoms with van der Waals surface area (Å²) in [5.74, 6) is -3.05. The highest BCUT2D eigenvalue weighted by atomic mass is 19.3. The Balaban J connectivity index is 1.67. The molecule has 1 saturated carbocycles. The van der Waals surface area contributed by atoms with Crippen molar-refractivity contribution < 1.29 is 8.78 Å². The van der Waals surface area contributed by atoms with Crippen molar-refractivity contribution in [3.63, 3.8) is 0 Å². The summed E-state index contributed by atoms with van der Waals surface area (Å²) in [4.78, 5) is 4.13. The van der Waals surface area contributed by atoms with E-state index >= 15 is 0 Å². The predicted octanol–water partition coefficient (Wildman–Crippen LogP) is 3.48. The zero-order chi connectivity index (χ0) is 14.4. The second-order valence-electron chi connectivity index (χ2n) is 5.64. The van der Waals surface area contributed by atoms with Crippen LogP contribution in [0.3, 0.4) is 0 Å². The number of hydrogen-bond acceptors (Lipinski definition) is 3. The summed E-state index contributed by atoms with van der Waals surface area (Å²) >= 11 is 0. The lowest BCUT2D eigenvalue weighted by molar-refractivity contribution is 0.1000. The molecule has 1 aromatic carbocycles. The number of benzene rings is 1. The van der Waals surface area contributed by atoms with Gasteiger partial charge in [0.15, 0.2) is 0 Å². The Hall–Kier alpha value is -2.17. The van der Waals surface area contributed by atoms with Crippen molar-refractivity contribution in [3.8, 4) is 0 Å². The van der Waals surface area contributed by atoms with Crippen LogP contribution in [-0.4, -0.2) is 17.5 Å². The van der Waals surface area contributed by atoms with E-state index in [1.165, 1.54) is 0 Å². The van der Waals surface area contributed by atoms with Gasteiger partial charge < -0.3 is 0 Å². The maximum absolute atomic E-state index is 13.3. The van der Waals surface area contributed by atoms with Gasteiger partial charge in [-0.25, -0.2) is 8.78 Å². The Morgan fingerprint density at radius 1 is 1.19 bits per heavy atom. The van der Waals surface area contributed by atoms with Crippen LogP contribution < -0.4 is 10.0 Å². The minimum Gasteiger partial charge on any atom is -0.284 e. The minimum atomic E-state index is -2.50. The molecule has 1 aliphatic carbocycles. The third-order valence-electron chi connectivity index (χ3n) is 4.17. The van der Waals surface area contributed by atoms with Gasteiger partial charge in [0.2, 0.25) is 0 Å². The molecule has 1 atom stereocenters. The monoisotopic (exact) mass is 287 g/mol. The number of alkyl halides is 2. The van der Waals surface area contributed by atoms with Crippen molar-refractivity contribution in [1.82, 2.24) is 4.98 Å². The van der Waals surface area contributed by atoms with Crippen LogP contribution in [0.2, 0.25) is 0 Å². The number of halogens is 2. The first-order valence-corrected chi connectivity index (χ1v) is 7.06. The van der Waals surface area contributed by atoms with E-state index in [0.717, 1.165) is 16.9 Å². The summed E-state index contributed by atoms with van der Waals surface area (Å²) in [5.41, 5.74) is 3.10. The van der Waals surface area contributed by atoms with Crippen molar-refractivity contribution in [3.05, 3.63) is 54.4 Å². The lowest BCUT2D eigenvalue weighted by atomic mass is 10.2. The number of fused-ring (bicyclic) bond motifs is 1. The van der Waals surface area contributed by atoms with Gasteiger partial charge in [0.1, 0.15) is 0 Å². The number of aromatic nitrogens is 1. The third-order valence-corrected chi connectivity index (χ3v) is 4.17. The molecular formula is C16H15F2N3. The Labute approximate surface area is 121 Å².